The smallest absolute Gasteiger partial charge is 0.176 e. The maximum absolute atomic E-state index is 12.2. The van der Waals surface area contributed by atoms with E-state index in [0.29, 0.717) is 24.5 Å². The number of hydrogen-bond donors (Lipinski definition) is 0. The summed E-state index contributed by atoms with van der Waals surface area (Å²) in [5.41, 5.74) is 0.925. The van der Waals surface area contributed by atoms with Crippen molar-refractivity contribution in [1.29, 1.82) is 5.26 Å². The highest BCUT2D eigenvalue weighted by atomic mass is 16.5. The van der Waals surface area contributed by atoms with Gasteiger partial charge in [0, 0.05) is 5.92 Å². The van der Waals surface area contributed by atoms with E-state index in [1.165, 1.54) is 0 Å². The number of nitriles is 1. The minimum atomic E-state index is -0.153. The first-order chi connectivity index (χ1) is 11.1. The van der Waals surface area contributed by atoms with Gasteiger partial charge >= 0.3 is 0 Å². The standard InChI is InChI=1S/C19H25NO3/c1-5-7-10-23-18-12-15(8-9-17(18)22-4)11-16(13-20)19(21)14(3)6-2/h8-9,11-12,14H,5-7,10H2,1-4H3/b16-11-/t14-/m0/s1. The first kappa shape index (κ1) is 18.8. The van der Waals surface area contributed by atoms with E-state index in [9.17, 15) is 10.1 Å². The van der Waals surface area contributed by atoms with Crippen molar-refractivity contribution >= 4 is 11.9 Å². The number of allylic oxidation sites excluding steroid dienone is 1. The number of nitrogens with zero attached hydrogens (tertiary/aromatic N) is 1. The number of Topliss-reactive ketones (excluding diaryl/α,β-unsaturated/α-hetero) is 1. The van der Waals surface area contributed by atoms with E-state index < -0.39 is 0 Å². The molecule has 4 heteroatoms. The second-order valence-corrected chi connectivity index (χ2v) is 5.46. The number of hydrogen-bond acceptors (Lipinski definition) is 4. The number of carbonyl (C=O) groups is 1. The lowest BCUT2D eigenvalue weighted by Gasteiger charge is -2.11. The summed E-state index contributed by atoms with van der Waals surface area (Å²) in [4.78, 5) is 12.2. The van der Waals surface area contributed by atoms with Crippen molar-refractivity contribution < 1.29 is 14.3 Å². The van der Waals surface area contributed by atoms with Crippen LogP contribution in [0.2, 0.25) is 0 Å². The predicted octanol–water partition coefficient (Wildman–Crippen LogP) is 4.40. The number of rotatable bonds is 9. The average Bonchev–Trinajstić information content (AvgIpc) is 2.58. The SMILES string of the molecule is CCCCOc1cc(/C=C(/C#N)C(=O)[C@@H](C)CC)ccc1OC. The van der Waals surface area contributed by atoms with E-state index in [-0.39, 0.29) is 17.3 Å². The Bertz CT molecular complexity index is 599. The molecule has 0 saturated heterocycles. The number of ketones is 1. The van der Waals surface area contributed by atoms with E-state index in [0.717, 1.165) is 18.4 Å². The molecule has 0 aromatic heterocycles. The van der Waals surface area contributed by atoms with Gasteiger partial charge in [-0.05, 0) is 36.6 Å². The van der Waals surface area contributed by atoms with Gasteiger partial charge in [0.25, 0.3) is 0 Å². The zero-order valence-electron chi connectivity index (χ0n) is 14.4. The number of carbonyl (C=O) groups excluding carboxylic acids is 1. The third kappa shape index (κ3) is 5.45. The van der Waals surface area contributed by atoms with Gasteiger partial charge < -0.3 is 9.47 Å². The van der Waals surface area contributed by atoms with Crippen LogP contribution in [0.25, 0.3) is 6.08 Å². The van der Waals surface area contributed by atoms with Crippen LogP contribution in [0.15, 0.2) is 23.8 Å². The fourth-order valence-electron chi connectivity index (χ4n) is 2.00. The second-order valence-electron chi connectivity index (χ2n) is 5.46. The molecule has 0 N–H and O–H groups in total. The molecule has 0 aliphatic heterocycles. The lowest BCUT2D eigenvalue weighted by atomic mass is 9.96. The van der Waals surface area contributed by atoms with Crippen molar-refractivity contribution in [2.75, 3.05) is 13.7 Å². The molecule has 0 aliphatic rings. The maximum Gasteiger partial charge on any atom is 0.176 e. The van der Waals surface area contributed by atoms with Crippen molar-refractivity contribution in [2.24, 2.45) is 5.92 Å². The molecular weight excluding hydrogens is 290 g/mol. The van der Waals surface area contributed by atoms with Crippen molar-refractivity contribution in [3.05, 3.63) is 29.3 Å². The van der Waals surface area contributed by atoms with E-state index in [1.54, 1.807) is 25.3 Å². The largest absolute Gasteiger partial charge is 0.493 e. The number of ether oxygens (including phenoxy) is 2. The second kappa shape index (κ2) is 9.68. The van der Waals surface area contributed by atoms with Gasteiger partial charge in [-0.25, -0.2) is 0 Å². The summed E-state index contributed by atoms with van der Waals surface area (Å²) in [7, 11) is 1.59. The summed E-state index contributed by atoms with van der Waals surface area (Å²) in [5.74, 6) is 0.992. The zero-order chi connectivity index (χ0) is 17.2. The van der Waals surface area contributed by atoms with Crippen LogP contribution in [-0.4, -0.2) is 19.5 Å². The molecule has 124 valence electrons. The van der Waals surface area contributed by atoms with Crippen LogP contribution in [0.5, 0.6) is 11.5 Å². The van der Waals surface area contributed by atoms with E-state index in [1.807, 2.05) is 26.0 Å². The quantitative estimate of drug-likeness (QED) is 0.385. The third-order valence-electron chi connectivity index (χ3n) is 3.70. The summed E-state index contributed by atoms with van der Waals surface area (Å²) in [6.45, 7) is 6.47. The minimum Gasteiger partial charge on any atom is -0.493 e. The van der Waals surface area contributed by atoms with Gasteiger partial charge in [-0.3, -0.25) is 4.79 Å². The normalized spacial score (nSPS) is 12.4. The first-order valence-electron chi connectivity index (χ1n) is 8.04. The Morgan fingerprint density at radius 1 is 1.35 bits per heavy atom. The Labute approximate surface area is 138 Å². The predicted molar refractivity (Wildman–Crippen MR) is 91.4 cm³/mol. The molecule has 0 bridgehead atoms. The lowest BCUT2D eigenvalue weighted by Crippen LogP contribution is -2.11. The Morgan fingerprint density at radius 2 is 2.09 bits per heavy atom. The molecule has 1 aromatic rings. The van der Waals surface area contributed by atoms with Gasteiger partial charge in [0.1, 0.15) is 6.07 Å². The fourth-order valence-corrected chi connectivity index (χ4v) is 2.00. The van der Waals surface area contributed by atoms with Crippen molar-refractivity contribution in [3.8, 4) is 17.6 Å². The van der Waals surface area contributed by atoms with Crippen molar-refractivity contribution in [1.82, 2.24) is 0 Å². The van der Waals surface area contributed by atoms with Crippen molar-refractivity contribution in [2.45, 2.75) is 40.0 Å². The molecule has 1 aromatic carbocycles. The highest BCUT2D eigenvalue weighted by Crippen LogP contribution is 2.29. The summed E-state index contributed by atoms with van der Waals surface area (Å²) in [6.07, 6.45) is 4.33. The first-order valence-corrected chi connectivity index (χ1v) is 8.04. The van der Waals surface area contributed by atoms with E-state index in [2.05, 4.69) is 6.92 Å². The Morgan fingerprint density at radius 3 is 2.65 bits per heavy atom. The van der Waals surface area contributed by atoms with Gasteiger partial charge in [-0.15, -0.1) is 0 Å². The Kier molecular flexibility index (Phi) is 7.90. The molecule has 0 spiro atoms. The van der Waals surface area contributed by atoms with Crippen LogP contribution in [0.3, 0.4) is 0 Å². The van der Waals surface area contributed by atoms with Crippen LogP contribution >= 0.6 is 0 Å². The van der Waals surface area contributed by atoms with Gasteiger partial charge in [0.2, 0.25) is 0 Å². The molecule has 0 aliphatic carbocycles. The molecule has 1 atom stereocenters. The number of unbranched alkanes of at least 4 members (excludes halogenated alkanes) is 1. The molecule has 23 heavy (non-hydrogen) atoms. The van der Waals surface area contributed by atoms with Gasteiger partial charge in [-0.2, -0.15) is 5.26 Å². The highest BCUT2D eigenvalue weighted by molar-refractivity contribution is 6.04. The zero-order valence-corrected chi connectivity index (χ0v) is 14.4. The lowest BCUT2D eigenvalue weighted by molar-refractivity contribution is -0.118. The summed E-state index contributed by atoms with van der Waals surface area (Å²) in [5, 5.41) is 9.25. The van der Waals surface area contributed by atoms with Crippen LogP contribution < -0.4 is 9.47 Å². The third-order valence-corrected chi connectivity index (χ3v) is 3.70. The Balaban J connectivity index is 3.07. The fraction of sp³-hybridized carbons (Fsp3) is 0.474. The molecule has 0 unspecified atom stereocenters. The van der Waals surface area contributed by atoms with Gasteiger partial charge in [0.15, 0.2) is 17.3 Å². The van der Waals surface area contributed by atoms with Crippen molar-refractivity contribution in [3.63, 3.8) is 0 Å². The summed E-state index contributed by atoms with van der Waals surface area (Å²) in [6, 6.07) is 7.41. The van der Waals surface area contributed by atoms with Crippen LogP contribution in [0, 0.1) is 17.2 Å². The number of methoxy groups -OCH3 is 1. The molecular formula is C19H25NO3. The molecule has 0 fully saturated rings. The average molecular weight is 315 g/mol. The van der Waals surface area contributed by atoms with E-state index >= 15 is 0 Å². The monoisotopic (exact) mass is 315 g/mol. The number of benzene rings is 1. The topological polar surface area (TPSA) is 59.3 Å². The van der Waals surface area contributed by atoms with Crippen LogP contribution in [-0.2, 0) is 4.79 Å². The van der Waals surface area contributed by atoms with Crippen LogP contribution in [0.1, 0.15) is 45.6 Å². The Hall–Kier alpha value is -2.28. The molecule has 0 radical (unpaired) electrons. The molecule has 0 heterocycles. The van der Waals surface area contributed by atoms with Gasteiger partial charge in [-0.1, -0.05) is 33.3 Å². The highest BCUT2D eigenvalue weighted by Gasteiger charge is 2.16. The van der Waals surface area contributed by atoms with E-state index in [4.69, 9.17) is 9.47 Å². The van der Waals surface area contributed by atoms with Gasteiger partial charge in [0.05, 0.1) is 19.3 Å². The minimum absolute atomic E-state index is 0.126. The molecule has 0 saturated carbocycles. The summed E-state index contributed by atoms with van der Waals surface area (Å²) < 4.78 is 11.0. The maximum atomic E-state index is 12.2. The molecule has 1 rings (SSSR count). The summed E-state index contributed by atoms with van der Waals surface area (Å²) >= 11 is 0. The molecule has 4 nitrogen and oxygen atoms in total. The van der Waals surface area contributed by atoms with Crippen LogP contribution in [0.4, 0.5) is 0 Å². The molecule has 0 amide bonds.